The van der Waals surface area contributed by atoms with Gasteiger partial charge in [0.2, 0.25) is 0 Å². The Hall–Kier alpha value is -0.760. The summed E-state index contributed by atoms with van der Waals surface area (Å²) in [5, 5.41) is 0. The Balaban J connectivity index is 2.66. The molecule has 0 bridgehead atoms. The van der Waals surface area contributed by atoms with E-state index in [1.165, 1.54) is 5.57 Å². The third-order valence-corrected chi connectivity index (χ3v) is 2.18. The molecule has 0 aromatic rings. The molecule has 1 aliphatic carbocycles. The summed E-state index contributed by atoms with van der Waals surface area (Å²) in [6.45, 7) is 2.04. The number of hydrogen-bond donors (Lipinski definition) is 0. The minimum Gasteiger partial charge on any atom is -0.501 e. The van der Waals surface area contributed by atoms with Crippen molar-refractivity contribution >= 4 is 0 Å². The lowest BCUT2D eigenvalue weighted by molar-refractivity contribution is 0.148. The molecular formula is C10H16O2. The molecule has 0 spiro atoms. The van der Waals surface area contributed by atoms with Crippen LogP contribution >= 0.6 is 0 Å². The number of allylic oxidation sites excluding steroid dienone is 2. The summed E-state index contributed by atoms with van der Waals surface area (Å²) >= 11 is 0. The molecule has 0 saturated carbocycles. The molecule has 0 amide bonds. The number of methoxy groups -OCH3 is 2. The van der Waals surface area contributed by atoms with Crippen molar-refractivity contribution in [1.82, 2.24) is 0 Å². The van der Waals surface area contributed by atoms with E-state index in [2.05, 4.69) is 12.2 Å². The lowest BCUT2D eigenvalue weighted by atomic mass is 10.0. The number of hydrogen-bond acceptors (Lipinski definition) is 2. The maximum atomic E-state index is 5.21. The Labute approximate surface area is 73.9 Å². The molecule has 0 aromatic heterocycles. The smallest absolute Gasteiger partial charge is 0.0962 e. The standard InChI is InChI=1S/C10H16O2/c1-8(11-2)9-5-4-6-10(7-9)12-3/h5,7-8H,4,6H2,1-3H3. The van der Waals surface area contributed by atoms with E-state index in [1.54, 1.807) is 14.2 Å². The van der Waals surface area contributed by atoms with E-state index >= 15 is 0 Å². The molecule has 1 atom stereocenters. The van der Waals surface area contributed by atoms with Crippen molar-refractivity contribution in [3.05, 3.63) is 23.5 Å². The topological polar surface area (TPSA) is 18.5 Å². The summed E-state index contributed by atoms with van der Waals surface area (Å²) in [6, 6.07) is 0. The first-order chi connectivity index (χ1) is 5.77. The van der Waals surface area contributed by atoms with Gasteiger partial charge in [0, 0.05) is 13.5 Å². The third kappa shape index (κ3) is 2.11. The minimum absolute atomic E-state index is 0.176. The molecule has 12 heavy (non-hydrogen) atoms. The fourth-order valence-corrected chi connectivity index (χ4v) is 1.28. The second-order valence-corrected chi connectivity index (χ2v) is 2.94. The highest BCUT2D eigenvalue weighted by Gasteiger charge is 2.10. The SMILES string of the molecule is COC1=CC(C(C)OC)=CCC1. The van der Waals surface area contributed by atoms with Gasteiger partial charge >= 0.3 is 0 Å². The molecule has 0 aliphatic heterocycles. The predicted molar refractivity (Wildman–Crippen MR) is 48.9 cm³/mol. The first kappa shape index (κ1) is 9.33. The van der Waals surface area contributed by atoms with Gasteiger partial charge in [-0.05, 0) is 25.0 Å². The van der Waals surface area contributed by atoms with Crippen molar-refractivity contribution in [3.8, 4) is 0 Å². The van der Waals surface area contributed by atoms with Crippen LogP contribution in [0, 0.1) is 0 Å². The Morgan fingerprint density at radius 3 is 2.75 bits per heavy atom. The predicted octanol–water partition coefficient (Wildman–Crippen LogP) is 2.27. The van der Waals surface area contributed by atoms with Crippen molar-refractivity contribution < 1.29 is 9.47 Å². The van der Waals surface area contributed by atoms with Crippen LogP contribution in [0.2, 0.25) is 0 Å². The maximum Gasteiger partial charge on any atom is 0.0962 e. The molecule has 0 heterocycles. The van der Waals surface area contributed by atoms with Crippen molar-refractivity contribution in [2.45, 2.75) is 25.9 Å². The van der Waals surface area contributed by atoms with Gasteiger partial charge in [-0.1, -0.05) is 6.08 Å². The van der Waals surface area contributed by atoms with Gasteiger partial charge in [0.15, 0.2) is 0 Å². The molecule has 0 N–H and O–H groups in total. The van der Waals surface area contributed by atoms with E-state index < -0.39 is 0 Å². The lowest BCUT2D eigenvalue weighted by Gasteiger charge is -2.16. The molecule has 0 saturated heterocycles. The summed E-state index contributed by atoms with van der Waals surface area (Å²) in [7, 11) is 3.44. The molecule has 68 valence electrons. The number of rotatable bonds is 3. The lowest BCUT2D eigenvalue weighted by Crippen LogP contribution is -2.10. The van der Waals surface area contributed by atoms with Crippen molar-refractivity contribution in [1.29, 1.82) is 0 Å². The average molecular weight is 168 g/mol. The van der Waals surface area contributed by atoms with E-state index in [9.17, 15) is 0 Å². The summed E-state index contributed by atoms with van der Waals surface area (Å²) < 4.78 is 10.4. The quantitative estimate of drug-likeness (QED) is 0.643. The van der Waals surface area contributed by atoms with Crippen LogP contribution < -0.4 is 0 Å². The molecular weight excluding hydrogens is 152 g/mol. The molecule has 0 radical (unpaired) electrons. The van der Waals surface area contributed by atoms with Crippen LogP contribution in [0.15, 0.2) is 23.5 Å². The Morgan fingerprint density at radius 1 is 1.42 bits per heavy atom. The zero-order chi connectivity index (χ0) is 8.97. The molecule has 2 heteroatoms. The normalized spacial score (nSPS) is 19.6. The van der Waals surface area contributed by atoms with Gasteiger partial charge in [0.05, 0.1) is 19.0 Å². The average Bonchev–Trinajstić information content (AvgIpc) is 2.17. The monoisotopic (exact) mass is 168 g/mol. The van der Waals surface area contributed by atoms with Crippen LogP contribution in [0.4, 0.5) is 0 Å². The molecule has 0 fully saturated rings. The van der Waals surface area contributed by atoms with Crippen LogP contribution in [0.25, 0.3) is 0 Å². The summed E-state index contributed by atoms with van der Waals surface area (Å²) in [5.41, 5.74) is 1.22. The van der Waals surface area contributed by atoms with Crippen molar-refractivity contribution in [3.63, 3.8) is 0 Å². The van der Waals surface area contributed by atoms with Crippen LogP contribution in [0.1, 0.15) is 19.8 Å². The maximum absolute atomic E-state index is 5.21. The highest BCUT2D eigenvalue weighted by atomic mass is 16.5. The highest BCUT2D eigenvalue weighted by molar-refractivity contribution is 5.28. The highest BCUT2D eigenvalue weighted by Crippen LogP contribution is 2.20. The van der Waals surface area contributed by atoms with Gasteiger partial charge in [0.25, 0.3) is 0 Å². The van der Waals surface area contributed by atoms with Gasteiger partial charge in [-0.3, -0.25) is 0 Å². The van der Waals surface area contributed by atoms with Crippen LogP contribution in [-0.2, 0) is 9.47 Å². The molecule has 1 aliphatic rings. The first-order valence-electron chi connectivity index (χ1n) is 4.25. The van der Waals surface area contributed by atoms with E-state index in [1.807, 2.05) is 6.92 Å². The van der Waals surface area contributed by atoms with Gasteiger partial charge in [-0.15, -0.1) is 0 Å². The second kappa shape index (κ2) is 4.31. The van der Waals surface area contributed by atoms with Gasteiger partial charge < -0.3 is 9.47 Å². The molecule has 1 unspecified atom stereocenters. The van der Waals surface area contributed by atoms with E-state index in [-0.39, 0.29) is 6.10 Å². The van der Waals surface area contributed by atoms with E-state index in [4.69, 9.17) is 9.47 Å². The molecule has 1 rings (SSSR count). The van der Waals surface area contributed by atoms with Crippen LogP contribution in [0.5, 0.6) is 0 Å². The zero-order valence-electron chi connectivity index (χ0n) is 7.96. The third-order valence-electron chi connectivity index (χ3n) is 2.18. The van der Waals surface area contributed by atoms with E-state index in [0.29, 0.717) is 0 Å². The summed E-state index contributed by atoms with van der Waals surface area (Å²) in [5.74, 6) is 1.05. The summed E-state index contributed by atoms with van der Waals surface area (Å²) in [6.07, 6.45) is 6.52. The fraction of sp³-hybridized carbons (Fsp3) is 0.600. The van der Waals surface area contributed by atoms with E-state index in [0.717, 1.165) is 18.6 Å². The second-order valence-electron chi connectivity index (χ2n) is 2.94. The minimum atomic E-state index is 0.176. The van der Waals surface area contributed by atoms with Crippen LogP contribution in [0.3, 0.4) is 0 Å². The van der Waals surface area contributed by atoms with Gasteiger partial charge in [-0.2, -0.15) is 0 Å². The first-order valence-corrected chi connectivity index (χ1v) is 4.25. The summed E-state index contributed by atoms with van der Waals surface area (Å²) in [4.78, 5) is 0. The largest absolute Gasteiger partial charge is 0.501 e. The molecule has 2 nitrogen and oxygen atoms in total. The van der Waals surface area contributed by atoms with Gasteiger partial charge in [-0.25, -0.2) is 0 Å². The van der Waals surface area contributed by atoms with Crippen LogP contribution in [-0.4, -0.2) is 20.3 Å². The fourth-order valence-electron chi connectivity index (χ4n) is 1.28. The molecule has 0 aromatic carbocycles. The Morgan fingerprint density at radius 2 is 2.17 bits per heavy atom. The Bertz CT molecular complexity index is 204. The Kier molecular flexibility index (Phi) is 3.35. The van der Waals surface area contributed by atoms with Crippen molar-refractivity contribution in [2.24, 2.45) is 0 Å². The van der Waals surface area contributed by atoms with Crippen molar-refractivity contribution in [2.75, 3.05) is 14.2 Å². The number of ether oxygens (including phenoxy) is 2. The zero-order valence-corrected chi connectivity index (χ0v) is 7.96. The van der Waals surface area contributed by atoms with Gasteiger partial charge in [0.1, 0.15) is 0 Å².